The zero-order chi connectivity index (χ0) is 8.10. The van der Waals surface area contributed by atoms with Crippen molar-refractivity contribution in [3.05, 3.63) is 0 Å². The van der Waals surface area contributed by atoms with Crippen molar-refractivity contribution in [3.8, 4) is 0 Å². The Bertz CT molecular complexity index is 130. The van der Waals surface area contributed by atoms with E-state index >= 15 is 0 Å². The second-order valence-corrected chi connectivity index (χ2v) is 2.67. The Kier molecular flexibility index (Phi) is 3.32. The SMILES string of the molecule is NC(=O)[C@@H]1CNCCCCO1. The highest BCUT2D eigenvalue weighted by molar-refractivity contribution is 5.79. The normalized spacial score (nSPS) is 27.1. The molecule has 1 atom stereocenters. The lowest BCUT2D eigenvalue weighted by molar-refractivity contribution is -0.129. The van der Waals surface area contributed by atoms with Crippen LogP contribution in [-0.4, -0.2) is 31.7 Å². The van der Waals surface area contributed by atoms with Crippen LogP contribution in [0, 0.1) is 0 Å². The molecule has 0 aromatic heterocycles. The van der Waals surface area contributed by atoms with Crippen LogP contribution in [0.25, 0.3) is 0 Å². The maximum absolute atomic E-state index is 10.7. The van der Waals surface area contributed by atoms with E-state index in [1.807, 2.05) is 0 Å². The van der Waals surface area contributed by atoms with Gasteiger partial charge in [0.15, 0.2) is 0 Å². The number of nitrogens with two attached hydrogens (primary N) is 1. The van der Waals surface area contributed by atoms with Gasteiger partial charge in [-0.3, -0.25) is 4.79 Å². The zero-order valence-electron chi connectivity index (χ0n) is 6.51. The van der Waals surface area contributed by atoms with Gasteiger partial charge >= 0.3 is 0 Å². The standard InChI is InChI=1S/C7H14N2O2/c8-7(10)6-5-9-3-1-2-4-11-6/h6,9H,1-5H2,(H2,8,10)/t6-/m0/s1. The fraction of sp³-hybridized carbons (Fsp3) is 0.857. The van der Waals surface area contributed by atoms with Crippen LogP contribution >= 0.6 is 0 Å². The van der Waals surface area contributed by atoms with Crippen LogP contribution < -0.4 is 11.1 Å². The van der Waals surface area contributed by atoms with Gasteiger partial charge in [0, 0.05) is 13.2 Å². The van der Waals surface area contributed by atoms with E-state index in [1.165, 1.54) is 0 Å². The van der Waals surface area contributed by atoms with Crippen molar-refractivity contribution in [2.24, 2.45) is 5.73 Å². The average molecular weight is 158 g/mol. The molecule has 0 radical (unpaired) electrons. The van der Waals surface area contributed by atoms with Crippen LogP contribution in [0.2, 0.25) is 0 Å². The second kappa shape index (κ2) is 4.31. The summed E-state index contributed by atoms with van der Waals surface area (Å²) in [7, 11) is 0. The topological polar surface area (TPSA) is 64.4 Å². The Morgan fingerprint density at radius 2 is 2.36 bits per heavy atom. The molecule has 1 heterocycles. The van der Waals surface area contributed by atoms with E-state index in [0.29, 0.717) is 13.2 Å². The fourth-order valence-electron chi connectivity index (χ4n) is 1.05. The summed E-state index contributed by atoms with van der Waals surface area (Å²) < 4.78 is 5.21. The molecular weight excluding hydrogens is 144 g/mol. The van der Waals surface area contributed by atoms with E-state index in [9.17, 15) is 4.79 Å². The Morgan fingerprint density at radius 3 is 3.09 bits per heavy atom. The molecular formula is C7H14N2O2. The number of hydrogen-bond donors (Lipinski definition) is 2. The molecule has 11 heavy (non-hydrogen) atoms. The first kappa shape index (κ1) is 8.49. The molecule has 1 rings (SSSR count). The van der Waals surface area contributed by atoms with E-state index in [1.54, 1.807) is 0 Å². The molecule has 1 amide bonds. The van der Waals surface area contributed by atoms with Crippen LogP contribution in [0.3, 0.4) is 0 Å². The van der Waals surface area contributed by atoms with E-state index in [4.69, 9.17) is 10.5 Å². The minimum absolute atomic E-state index is 0.376. The minimum Gasteiger partial charge on any atom is -0.367 e. The first-order valence-corrected chi connectivity index (χ1v) is 3.92. The molecule has 1 saturated heterocycles. The van der Waals surface area contributed by atoms with Gasteiger partial charge in [-0.1, -0.05) is 0 Å². The number of ether oxygens (including phenoxy) is 1. The van der Waals surface area contributed by atoms with E-state index < -0.39 is 6.10 Å². The Balaban J connectivity index is 2.32. The number of primary amides is 1. The lowest BCUT2D eigenvalue weighted by atomic mass is 10.2. The van der Waals surface area contributed by atoms with E-state index in [0.717, 1.165) is 19.4 Å². The Labute approximate surface area is 66.1 Å². The fourth-order valence-corrected chi connectivity index (χ4v) is 1.05. The van der Waals surface area contributed by atoms with Gasteiger partial charge in [-0.05, 0) is 19.4 Å². The molecule has 0 aliphatic carbocycles. The molecule has 64 valence electrons. The van der Waals surface area contributed by atoms with Gasteiger partial charge in [-0.25, -0.2) is 0 Å². The number of nitrogens with one attached hydrogen (secondary N) is 1. The van der Waals surface area contributed by atoms with Gasteiger partial charge in [0.05, 0.1) is 0 Å². The van der Waals surface area contributed by atoms with E-state index in [-0.39, 0.29) is 5.91 Å². The molecule has 0 saturated carbocycles. The monoisotopic (exact) mass is 158 g/mol. The van der Waals surface area contributed by atoms with Crippen molar-refractivity contribution >= 4 is 5.91 Å². The second-order valence-electron chi connectivity index (χ2n) is 2.67. The Hall–Kier alpha value is -0.610. The lowest BCUT2D eigenvalue weighted by Crippen LogP contribution is -2.41. The molecule has 0 aromatic carbocycles. The van der Waals surface area contributed by atoms with Crippen LogP contribution in [-0.2, 0) is 9.53 Å². The van der Waals surface area contributed by atoms with Crippen molar-refractivity contribution in [2.45, 2.75) is 18.9 Å². The molecule has 1 aliphatic heterocycles. The number of amides is 1. The summed E-state index contributed by atoms with van der Waals surface area (Å²) in [6, 6.07) is 0. The van der Waals surface area contributed by atoms with Gasteiger partial charge in [-0.2, -0.15) is 0 Å². The molecule has 0 aromatic rings. The number of rotatable bonds is 1. The molecule has 4 nitrogen and oxygen atoms in total. The number of carbonyl (C=O) groups excluding carboxylic acids is 1. The molecule has 3 N–H and O–H groups in total. The number of carbonyl (C=O) groups is 1. The molecule has 4 heteroatoms. The van der Waals surface area contributed by atoms with Gasteiger partial charge in [0.2, 0.25) is 5.91 Å². The van der Waals surface area contributed by atoms with Crippen molar-refractivity contribution in [1.29, 1.82) is 0 Å². The summed E-state index contributed by atoms with van der Waals surface area (Å²) in [5, 5.41) is 3.09. The summed E-state index contributed by atoms with van der Waals surface area (Å²) in [6.45, 7) is 2.15. The van der Waals surface area contributed by atoms with Crippen LogP contribution in [0.15, 0.2) is 0 Å². The van der Waals surface area contributed by atoms with Crippen molar-refractivity contribution in [2.75, 3.05) is 19.7 Å². The van der Waals surface area contributed by atoms with Crippen LogP contribution in [0.5, 0.6) is 0 Å². The largest absolute Gasteiger partial charge is 0.367 e. The lowest BCUT2D eigenvalue weighted by Gasteiger charge is -2.18. The van der Waals surface area contributed by atoms with Crippen LogP contribution in [0.4, 0.5) is 0 Å². The zero-order valence-corrected chi connectivity index (χ0v) is 6.51. The molecule has 1 fully saturated rings. The third-order valence-electron chi connectivity index (χ3n) is 1.71. The number of hydrogen-bond acceptors (Lipinski definition) is 3. The first-order chi connectivity index (χ1) is 5.30. The van der Waals surface area contributed by atoms with Gasteiger partial charge in [0.1, 0.15) is 6.10 Å². The summed E-state index contributed by atoms with van der Waals surface area (Å²) in [5.74, 6) is -0.376. The molecule has 0 bridgehead atoms. The summed E-state index contributed by atoms with van der Waals surface area (Å²) in [4.78, 5) is 10.7. The average Bonchev–Trinajstić information content (AvgIpc) is 1.84. The Morgan fingerprint density at radius 1 is 1.55 bits per heavy atom. The van der Waals surface area contributed by atoms with E-state index in [2.05, 4.69) is 5.32 Å². The predicted octanol–water partition coefficient (Wildman–Crippen LogP) is -0.760. The third-order valence-corrected chi connectivity index (χ3v) is 1.71. The predicted molar refractivity (Wildman–Crippen MR) is 41.0 cm³/mol. The third kappa shape index (κ3) is 2.86. The first-order valence-electron chi connectivity index (χ1n) is 3.92. The van der Waals surface area contributed by atoms with Gasteiger partial charge in [0.25, 0.3) is 0 Å². The highest BCUT2D eigenvalue weighted by atomic mass is 16.5. The molecule has 0 unspecified atom stereocenters. The minimum atomic E-state index is -0.435. The highest BCUT2D eigenvalue weighted by Gasteiger charge is 2.15. The van der Waals surface area contributed by atoms with Crippen molar-refractivity contribution in [3.63, 3.8) is 0 Å². The molecule has 1 aliphatic rings. The van der Waals surface area contributed by atoms with Crippen molar-refractivity contribution < 1.29 is 9.53 Å². The summed E-state index contributed by atoms with van der Waals surface area (Å²) in [6.07, 6.45) is 1.66. The highest BCUT2D eigenvalue weighted by Crippen LogP contribution is 1.98. The maximum atomic E-state index is 10.7. The van der Waals surface area contributed by atoms with Gasteiger partial charge in [-0.15, -0.1) is 0 Å². The molecule has 0 spiro atoms. The van der Waals surface area contributed by atoms with Crippen molar-refractivity contribution in [1.82, 2.24) is 5.32 Å². The van der Waals surface area contributed by atoms with Gasteiger partial charge < -0.3 is 15.8 Å². The maximum Gasteiger partial charge on any atom is 0.247 e. The quantitative estimate of drug-likeness (QED) is 0.527. The van der Waals surface area contributed by atoms with Crippen LogP contribution in [0.1, 0.15) is 12.8 Å². The summed E-state index contributed by atoms with van der Waals surface area (Å²) in [5.41, 5.74) is 5.08. The smallest absolute Gasteiger partial charge is 0.247 e. The summed E-state index contributed by atoms with van der Waals surface area (Å²) >= 11 is 0.